The van der Waals surface area contributed by atoms with Crippen LogP contribution in [0.1, 0.15) is 20.8 Å². The van der Waals surface area contributed by atoms with Crippen molar-refractivity contribution in [2.75, 3.05) is 19.0 Å². The second-order valence-electron chi connectivity index (χ2n) is 5.23. The van der Waals surface area contributed by atoms with Gasteiger partial charge in [0.15, 0.2) is 6.61 Å². The molecule has 2 rings (SSSR count). The number of anilines is 1. The smallest absolute Gasteiger partial charge is 0.355 e. The Bertz CT molecular complexity index is 856. The molecule has 2 aromatic rings. The standard InChI is InChI=1S/C16H16N4O6/c1-17-15(22)10-3-5-11(6-4-10)18-14(21)9-26-16(23)13-7-12(20(24)25)8-19(13)2/h3-8H,9H2,1-2H3,(H,17,22)(H,18,21). The van der Waals surface area contributed by atoms with Crippen LogP contribution in [0.4, 0.5) is 11.4 Å². The van der Waals surface area contributed by atoms with Crippen molar-refractivity contribution in [2.24, 2.45) is 7.05 Å². The van der Waals surface area contributed by atoms with E-state index in [-0.39, 0.29) is 17.3 Å². The molecule has 26 heavy (non-hydrogen) atoms. The molecule has 1 heterocycles. The molecule has 0 aliphatic rings. The van der Waals surface area contributed by atoms with Crippen LogP contribution in [0.5, 0.6) is 0 Å². The molecule has 136 valence electrons. The summed E-state index contributed by atoms with van der Waals surface area (Å²) in [6.07, 6.45) is 1.17. The number of rotatable bonds is 6. The number of aromatic nitrogens is 1. The summed E-state index contributed by atoms with van der Waals surface area (Å²) in [4.78, 5) is 45.3. The number of nitrogens with one attached hydrogen (secondary N) is 2. The first-order valence-corrected chi connectivity index (χ1v) is 7.41. The number of nitro groups is 1. The van der Waals surface area contributed by atoms with Gasteiger partial charge in [-0.3, -0.25) is 19.7 Å². The van der Waals surface area contributed by atoms with Crippen molar-refractivity contribution in [1.29, 1.82) is 0 Å². The lowest BCUT2D eigenvalue weighted by molar-refractivity contribution is -0.384. The van der Waals surface area contributed by atoms with E-state index in [1.165, 1.54) is 49.1 Å². The average molecular weight is 360 g/mol. The van der Waals surface area contributed by atoms with E-state index in [0.29, 0.717) is 11.3 Å². The Balaban J connectivity index is 1.91. The maximum atomic E-state index is 11.9. The summed E-state index contributed by atoms with van der Waals surface area (Å²) in [6.45, 7) is -0.561. The zero-order chi connectivity index (χ0) is 19.3. The molecular formula is C16H16N4O6. The van der Waals surface area contributed by atoms with E-state index in [1.807, 2.05) is 0 Å². The van der Waals surface area contributed by atoms with Crippen molar-refractivity contribution in [2.45, 2.75) is 0 Å². The van der Waals surface area contributed by atoms with Crippen LogP contribution in [0.25, 0.3) is 0 Å². The van der Waals surface area contributed by atoms with Gasteiger partial charge in [0.1, 0.15) is 5.69 Å². The van der Waals surface area contributed by atoms with Crippen molar-refractivity contribution in [3.8, 4) is 0 Å². The second kappa shape index (κ2) is 7.92. The third kappa shape index (κ3) is 4.44. The number of amides is 2. The molecule has 1 aromatic heterocycles. The van der Waals surface area contributed by atoms with Gasteiger partial charge in [0.05, 0.1) is 11.1 Å². The van der Waals surface area contributed by atoms with Gasteiger partial charge in [0.25, 0.3) is 17.5 Å². The SMILES string of the molecule is CNC(=O)c1ccc(NC(=O)COC(=O)c2cc([N+](=O)[O-])cn2C)cc1. The Morgan fingerprint density at radius 3 is 2.42 bits per heavy atom. The highest BCUT2D eigenvalue weighted by Crippen LogP contribution is 2.16. The molecule has 0 spiro atoms. The van der Waals surface area contributed by atoms with Crippen molar-refractivity contribution in [3.05, 3.63) is 57.9 Å². The minimum Gasteiger partial charge on any atom is -0.451 e. The lowest BCUT2D eigenvalue weighted by Crippen LogP contribution is -2.22. The van der Waals surface area contributed by atoms with Crippen molar-refractivity contribution < 1.29 is 24.0 Å². The molecule has 0 bridgehead atoms. The van der Waals surface area contributed by atoms with Crippen molar-refractivity contribution in [1.82, 2.24) is 9.88 Å². The van der Waals surface area contributed by atoms with E-state index < -0.39 is 23.4 Å². The van der Waals surface area contributed by atoms with Crippen LogP contribution in [0.15, 0.2) is 36.5 Å². The van der Waals surface area contributed by atoms with Crippen LogP contribution in [0.2, 0.25) is 0 Å². The summed E-state index contributed by atoms with van der Waals surface area (Å²) >= 11 is 0. The first-order valence-electron chi connectivity index (χ1n) is 7.41. The topological polar surface area (TPSA) is 133 Å². The van der Waals surface area contributed by atoms with E-state index >= 15 is 0 Å². The van der Waals surface area contributed by atoms with Crippen molar-refractivity contribution >= 4 is 29.2 Å². The molecule has 1 aromatic carbocycles. The third-order valence-electron chi connectivity index (χ3n) is 3.40. The fraction of sp³-hybridized carbons (Fsp3) is 0.188. The molecule has 10 nitrogen and oxygen atoms in total. The van der Waals surface area contributed by atoms with E-state index in [1.54, 1.807) is 0 Å². The van der Waals surface area contributed by atoms with Gasteiger partial charge < -0.3 is 19.9 Å². The Labute approximate surface area is 147 Å². The predicted molar refractivity (Wildman–Crippen MR) is 90.8 cm³/mol. The fourth-order valence-electron chi connectivity index (χ4n) is 2.10. The number of benzene rings is 1. The highest BCUT2D eigenvalue weighted by atomic mass is 16.6. The molecule has 0 fully saturated rings. The minimum atomic E-state index is -0.856. The van der Waals surface area contributed by atoms with Crippen LogP contribution in [-0.4, -0.2) is 40.9 Å². The van der Waals surface area contributed by atoms with Gasteiger partial charge in [-0.15, -0.1) is 0 Å². The zero-order valence-electron chi connectivity index (χ0n) is 14.0. The van der Waals surface area contributed by atoms with Crippen LogP contribution in [-0.2, 0) is 16.6 Å². The quantitative estimate of drug-likeness (QED) is 0.450. The molecule has 0 unspecified atom stereocenters. The van der Waals surface area contributed by atoms with Gasteiger partial charge >= 0.3 is 5.97 Å². The normalized spacial score (nSPS) is 10.1. The fourth-order valence-corrected chi connectivity index (χ4v) is 2.10. The summed E-state index contributed by atoms with van der Waals surface area (Å²) in [5, 5.41) is 15.7. The Kier molecular flexibility index (Phi) is 5.68. The molecule has 2 N–H and O–H groups in total. The van der Waals surface area contributed by atoms with Crippen LogP contribution in [0.3, 0.4) is 0 Å². The molecule has 0 saturated heterocycles. The molecule has 0 saturated carbocycles. The van der Waals surface area contributed by atoms with Gasteiger partial charge in [0.2, 0.25) is 0 Å². The Hall–Kier alpha value is -3.69. The average Bonchev–Trinajstić information content (AvgIpc) is 3.02. The summed E-state index contributed by atoms with van der Waals surface area (Å²) in [5.41, 5.74) is 0.565. The van der Waals surface area contributed by atoms with Gasteiger partial charge in [0, 0.05) is 31.4 Å². The van der Waals surface area contributed by atoms with E-state index in [4.69, 9.17) is 4.74 Å². The van der Waals surface area contributed by atoms with Crippen LogP contribution >= 0.6 is 0 Å². The first-order chi connectivity index (χ1) is 12.3. The number of ether oxygens (including phenoxy) is 1. The molecule has 0 atom stereocenters. The molecule has 2 amide bonds. The second-order valence-corrected chi connectivity index (χ2v) is 5.23. The molecular weight excluding hydrogens is 344 g/mol. The number of hydrogen-bond donors (Lipinski definition) is 2. The monoisotopic (exact) mass is 360 g/mol. The molecule has 0 aliphatic heterocycles. The van der Waals surface area contributed by atoms with E-state index in [2.05, 4.69) is 10.6 Å². The predicted octanol–water partition coefficient (Wildman–Crippen LogP) is 1.09. The lowest BCUT2D eigenvalue weighted by atomic mass is 10.2. The highest BCUT2D eigenvalue weighted by Gasteiger charge is 2.19. The maximum Gasteiger partial charge on any atom is 0.355 e. The Morgan fingerprint density at radius 1 is 1.23 bits per heavy atom. The minimum absolute atomic E-state index is 0.0422. The number of hydrogen-bond acceptors (Lipinski definition) is 6. The maximum absolute atomic E-state index is 11.9. The number of nitrogens with zero attached hydrogens (tertiary/aromatic N) is 2. The first kappa shape index (κ1) is 18.6. The van der Waals surface area contributed by atoms with Crippen LogP contribution in [0, 0.1) is 10.1 Å². The number of esters is 1. The molecule has 10 heteroatoms. The summed E-state index contributed by atoms with van der Waals surface area (Å²) in [6, 6.07) is 7.19. The number of carbonyl (C=O) groups is 3. The van der Waals surface area contributed by atoms with E-state index in [9.17, 15) is 24.5 Å². The van der Waals surface area contributed by atoms with Crippen molar-refractivity contribution in [3.63, 3.8) is 0 Å². The zero-order valence-corrected chi connectivity index (χ0v) is 14.0. The largest absolute Gasteiger partial charge is 0.451 e. The number of carbonyl (C=O) groups excluding carboxylic acids is 3. The van der Waals surface area contributed by atoms with Gasteiger partial charge in [-0.1, -0.05) is 0 Å². The Morgan fingerprint density at radius 2 is 1.88 bits per heavy atom. The van der Waals surface area contributed by atoms with Gasteiger partial charge in [-0.05, 0) is 24.3 Å². The van der Waals surface area contributed by atoms with Gasteiger partial charge in [-0.25, -0.2) is 4.79 Å². The molecule has 0 aliphatic carbocycles. The number of aryl methyl sites for hydroxylation is 1. The van der Waals surface area contributed by atoms with Gasteiger partial charge in [-0.2, -0.15) is 0 Å². The molecule has 0 radical (unpaired) electrons. The third-order valence-corrected chi connectivity index (χ3v) is 3.40. The lowest BCUT2D eigenvalue weighted by Gasteiger charge is -2.07. The van der Waals surface area contributed by atoms with E-state index in [0.717, 1.165) is 6.07 Å². The summed E-state index contributed by atoms with van der Waals surface area (Å²) in [5.74, 6) is -1.70. The summed E-state index contributed by atoms with van der Waals surface area (Å²) < 4.78 is 6.10. The van der Waals surface area contributed by atoms with Crippen LogP contribution < -0.4 is 10.6 Å². The summed E-state index contributed by atoms with van der Waals surface area (Å²) in [7, 11) is 2.96. The highest BCUT2D eigenvalue weighted by molar-refractivity contribution is 5.97.